The number of anilines is 1. The molecule has 0 spiro atoms. The molecular weight excluding hydrogens is 330 g/mol. The van der Waals surface area contributed by atoms with Gasteiger partial charge < -0.3 is 5.32 Å². The zero-order chi connectivity index (χ0) is 16.4. The Kier molecular flexibility index (Phi) is 4.97. The number of rotatable bonds is 5. The highest BCUT2D eigenvalue weighted by Crippen LogP contribution is 2.36. The van der Waals surface area contributed by atoms with Gasteiger partial charge in [-0.3, -0.25) is 4.79 Å². The number of aromatic nitrogens is 2. The number of fused-ring (bicyclic) bond motifs is 1. The van der Waals surface area contributed by atoms with E-state index >= 15 is 0 Å². The third kappa shape index (κ3) is 3.26. The van der Waals surface area contributed by atoms with Crippen LogP contribution >= 0.6 is 23.4 Å². The van der Waals surface area contributed by atoms with Crippen LogP contribution in [0.3, 0.4) is 0 Å². The lowest BCUT2D eigenvalue weighted by Crippen LogP contribution is -2.23. The second-order valence-electron chi connectivity index (χ2n) is 5.66. The van der Waals surface area contributed by atoms with Gasteiger partial charge >= 0.3 is 0 Å². The molecular formula is C17H20ClN3OS. The van der Waals surface area contributed by atoms with Crippen LogP contribution in [0.25, 0.3) is 5.69 Å². The fraction of sp³-hybridized carbons (Fsp3) is 0.412. The van der Waals surface area contributed by atoms with Crippen molar-refractivity contribution in [2.45, 2.75) is 38.2 Å². The molecule has 1 aliphatic heterocycles. The van der Waals surface area contributed by atoms with Crippen molar-refractivity contribution in [3.05, 3.63) is 40.5 Å². The van der Waals surface area contributed by atoms with Crippen molar-refractivity contribution >= 4 is 35.1 Å². The van der Waals surface area contributed by atoms with Gasteiger partial charge in [-0.1, -0.05) is 31.5 Å². The van der Waals surface area contributed by atoms with Crippen LogP contribution in [0.2, 0.25) is 5.02 Å². The van der Waals surface area contributed by atoms with E-state index in [9.17, 15) is 4.79 Å². The summed E-state index contributed by atoms with van der Waals surface area (Å²) < 4.78 is 1.82. The first kappa shape index (κ1) is 16.4. The first-order chi connectivity index (χ1) is 11.1. The topological polar surface area (TPSA) is 46.9 Å². The molecule has 23 heavy (non-hydrogen) atoms. The summed E-state index contributed by atoms with van der Waals surface area (Å²) in [7, 11) is 0. The van der Waals surface area contributed by atoms with Crippen LogP contribution in [0, 0.1) is 5.92 Å². The number of carbonyl (C=O) groups is 1. The molecule has 1 aromatic carbocycles. The highest BCUT2D eigenvalue weighted by Gasteiger charge is 2.26. The quantitative estimate of drug-likeness (QED) is 0.854. The van der Waals surface area contributed by atoms with Crippen LogP contribution in [0.1, 0.15) is 37.9 Å². The number of hydrogen-bond acceptors (Lipinski definition) is 3. The van der Waals surface area contributed by atoms with E-state index in [1.165, 1.54) is 0 Å². The van der Waals surface area contributed by atoms with Crippen LogP contribution in [-0.2, 0) is 16.3 Å². The summed E-state index contributed by atoms with van der Waals surface area (Å²) in [6.45, 7) is 4.09. The molecule has 3 rings (SSSR count). The molecule has 122 valence electrons. The van der Waals surface area contributed by atoms with Crippen LogP contribution in [0.15, 0.2) is 24.3 Å². The maximum absolute atomic E-state index is 12.5. The van der Waals surface area contributed by atoms with E-state index < -0.39 is 0 Å². The van der Waals surface area contributed by atoms with Gasteiger partial charge in [0.05, 0.1) is 11.4 Å². The van der Waals surface area contributed by atoms with Crippen molar-refractivity contribution in [2.75, 3.05) is 5.32 Å². The number of thioether (sulfide) groups is 1. The molecule has 0 atom stereocenters. The highest BCUT2D eigenvalue weighted by atomic mass is 35.5. The van der Waals surface area contributed by atoms with Crippen molar-refractivity contribution < 1.29 is 4.79 Å². The van der Waals surface area contributed by atoms with E-state index in [4.69, 9.17) is 11.6 Å². The van der Waals surface area contributed by atoms with Gasteiger partial charge in [-0.25, -0.2) is 4.68 Å². The molecule has 0 aliphatic carbocycles. The van der Waals surface area contributed by atoms with Gasteiger partial charge in [-0.05, 0) is 31.0 Å². The zero-order valence-electron chi connectivity index (χ0n) is 13.3. The monoisotopic (exact) mass is 349 g/mol. The summed E-state index contributed by atoms with van der Waals surface area (Å²) in [5.41, 5.74) is 3.06. The van der Waals surface area contributed by atoms with E-state index in [0.717, 1.165) is 47.1 Å². The number of nitrogens with zero attached hydrogens (tertiary/aromatic N) is 2. The molecule has 0 saturated heterocycles. The third-order valence-corrected chi connectivity index (χ3v) is 5.41. The second kappa shape index (κ2) is 6.97. The van der Waals surface area contributed by atoms with Crippen LogP contribution < -0.4 is 5.32 Å². The predicted molar refractivity (Wildman–Crippen MR) is 96.3 cm³/mol. The van der Waals surface area contributed by atoms with Gasteiger partial charge in [0.25, 0.3) is 0 Å². The summed E-state index contributed by atoms with van der Waals surface area (Å²) in [5.74, 6) is 2.66. The van der Waals surface area contributed by atoms with Crippen molar-refractivity contribution in [1.29, 1.82) is 0 Å². The highest BCUT2D eigenvalue weighted by molar-refractivity contribution is 7.98. The fourth-order valence-corrected chi connectivity index (χ4v) is 4.03. The Bertz CT molecular complexity index is 725. The number of carbonyl (C=O) groups excluding carboxylic acids is 1. The van der Waals surface area contributed by atoms with Crippen molar-refractivity contribution in [1.82, 2.24) is 9.78 Å². The number of amides is 1. The molecule has 2 aromatic rings. The van der Waals surface area contributed by atoms with Gasteiger partial charge in [0.15, 0.2) is 0 Å². The number of nitrogens with one attached hydrogen (secondary N) is 1. The number of benzene rings is 1. The van der Waals surface area contributed by atoms with E-state index in [2.05, 4.69) is 10.4 Å². The van der Waals surface area contributed by atoms with E-state index in [1.54, 1.807) is 0 Å². The SMILES string of the molecule is CCC(CC)C(=O)Nc1c2c(nn1-c1cccc(Cl)c1)CSC2. The maximum Gasteiger partial charge on any atom is 0.228 e. The van der Waals surface area contributed by atoms with Crippen molar-refractivity contribution in [3.8, 4) is 5.69 Å². The molecule has 0 unspecified atom stereocenters. The molecule has 0 fully saturated rings. The molecule has 6 heteroatoms. The third-order valence-electron chi connectivity index (χ3n) is 4.20. The molecule has 0 bridgehead atoms. The van der Waals surface area contributed by atoms with Crippen LogP contribution in [-0.4, -0.2) is 15.7 Å². The standard InChI is InChI=1S/C17H20ClN3OS/c1-3-11(4-2)17(22)19-16-14-9-23-10-15(14)20-21(16)13-7-5-6-12(18)8-13/h5-8,11H,3-4,9-10H2,1-2H3,(H,19,22). The number of halogens is 1. The van der Waals surface area contributed by atoms with Gasteiger partial charge in [-0.15, -0.1) is 0 Å². The van der Waals surface area contributed by atoms with Crippen molar-refractivity contribution in [3.63, 3.8) is 0 Å². The minimum atomic E-state index is 0.0300. The Morgan fingerprint density at radius 2 is 2.17 bits per heavy atom. The number of hydrogen-bond donors (Lipinski definition) is 1. The van der Waals surface area contributed by atoms with E-state index in [1.807, 2.05) is 54.6 Å². The summed E-state index contributed by atoms with van der Waals surface area (Å²) in [6.07, 6.45) is 1.68. The molecule has 1 N–H and O–H groups in total. The lowest BCUT2D eigenvalue weighted by atomic mass is 10.0. The molecule has 1 aromatic heterocycles. The van der Waals surface area contributed by atoms with Crippen LogP contribution in [0.5, 0.6) is 0 Å². The summed E-state index contributed by atoms with van der Waals surface area (Å²) in [4.78, 5) is 12.5. The average molecular weight is 350 g/mol. The first-order valence-corrected chi connectivity index (χ1v) is 9.42. The van der Waals surface area contributed by atoms with Gasteiger partial charge in [0.2, 0.25) is 5.91 Å². The predicted octanol–water partition coefficient (Wildman–Crippen LogP) is 4.65. The van der Waals surface area contributed by atoms with E-state index in [-0.39, 0.29) is 11.8 Å². The second-order valence-corrected chi connectivity index (χ2v) is 7.08. The average Bonchev–Trinajstić information content (AvgIpc) is 3.11. The normalized spacial score (nSPS) is 13.4. The Balaban J connectivity index is 2.00. The Morgan fingerprint density at radius 3 is 2.87 bits per heavy atom. The Morgan fingerprint density at radius 1 is 1.39 bits per heavy atom. The first-order valence-electron chi connectivity index (χ1n) is 7.89. The molecule has 1 aliphatic rings. The summed E-state index contributed by atoms with van der Waals surface area (Å²) >= 11 is 7.93. The maximum atomic E-state index is 12.5. The molecule has 0 saturated carbocycles. The van der Waals surface area contributed by atoms with Gasteiger partial charge in [0, 0.05) is 28.0 Å². The largest absolute Gasteiger partial charge is 0.310 e. The molecule has 1 amide bonds. The minimum Gasteiger partial charge on any atom is -0.310 e. The lowest BCUT2D eigenvalue weighted by molar-refractivity contribution is -0.120. The van der Waals surface area contributed by atoms with Crippen molar-refractivity contribution in [2.24, 2.45) is 5.92 Å². The summed E-state index contributed by atoms with van der Waals surface area (Å²) in [5, 5.41) is 8.46. The summed E-state index contributed by atoms with van der Waals surface area (Å²) in [6, 6.07) is 7.55. The van der Waals surface area contributed by atoms with Gasteiger partial charge in [0.1, 0.15) is 5.82 Å². The molecule has 2 heterocycles. The zero-order valence-corrected chi connectivity index (χ0v) is 14.9. The molecule has 0 radical (unpaired) electrons. The lowest BCUT2D eigenvalue weighted by Gasteiger charge is -2.15. The minimum absolute atomic E-state index is 0.0300. The Labute approximate surface area is 145 Å². The van der Waals surface area contributed by atoms with Crippen LogP contribution in [0.4, 0.5) is 5.82 Å². The Hall–Kier alpha value is -1.46. The fourth-order valence-electron chi connectivity index (χ4n) is 2.81. The molecule has 4 nitrogen and oxygen atoms in total. The smallest absolute Gasteiger partial charge is 0.228 e. The van der Waals surface area contributed by atoms with E-state index in [0.29, 0.717) is 5.02 Å². The van der Waals surface area contributed by atoms with Gasteiger partial charge in [-0.2, -0.15) is 16.9 Å².